The SMILES string of the molecule is COc1cc(OC)cc(C(=O)OCC(=O)N[C@H](C)c2ccc(CC(C)C)cc2)c1. The lowest BCUT2D eigenvalue weighted by Crippen LogP contribution is -2.31. The van der Waals surface area contributed by atoms with Crippen molar-refractivity contribution < 1.29 is 23.8 Å². The molecule has 0 saturated heterocycles. The van der Waals surface area contributed by atoms with E-state index in [1.54, 1.807) is 6.07 Å². The number of carbonyl (C=O) groups excluding carboxylic acids is 2. The van der Waals surface area contributed by atoms with Gasteiger partial charge in [-0.1, -0.05) is 38.1 Å². The van der Waals surface area contributed by atoms with Gasteiger partial charge in [-0.3, -0.25) is 4.79 Å². The molecule has 0 aliphatic heterocycles. The fourth-order valence-corrected chi connectivity index (χ4v) is 2.92. The highest BCUT2D eigenvalue weighted by Crippen LogP contribution is 2.23. The summed E-state index contributed by atoms with van der Waals surface area (Å²) < 4.78 is 15.4. The predicted molar refractivity (Wildman–Crippen MR) is 111 cm³/mol. The lowest BCUT2D eigenvalue weighted by molar-refractivity contribution is -0.124. The average molecular weight is 399 g/mol. The molecule has 0 spiro atoms. The molecule has 0 heterocycles. The number of methoxy groups -OCH3 is 2. The van der Waals surface area contributed by atoms with Gasteiger partial charge >= 0.3 is 5.97 Å². The lowest BCUT2D eigenvalue weighted by atomic mass is 10.00. The number of amides is 1. The second-order valence-electron chi connectivity index (χ2n) is 7.31. The summed E-state index contributed by atoms with van der Waals surface area (Å²) in [4.78, 5) is 24.4. The van der Waals surface area contributed by atoms with Crippen LogP contribution in [0.15, 0.2) is 42.5 Å². The van der Waals surface area contributed by atoms with Gasteiger partial charge in [0.15, 0.2) is 6.61 Å². The van der Waals surface area contributed by atoms with Gasteiger partial charge in [0.2, 0.25) is 0 Å². The fourth-order valence-electron chi connectivity index (χ4n) is 2.92. The first-order chi connectivity index (χ1) is 13.8. The maximum absolute atomic E-state index is 12.3. The van der Waals surface area contributed by atoms with Crippen LogP contribution in [0.3, 0.4) is 0 Å². The van der Waals surface area contributed by atoms with Gasteiger partial charge in [-0.2, -0.15) is 0 Å². The topological polar surface area (TPSA) is 73.9 Å². The smallest absolute Gasteiger partial charge is 0.338 e. The fraction of sp³-hybridized carbons (Fsp3) is 0.391. The normalized spacial score (nSPS) is 11.7. The van der Waals surface area contributed by atoms with Crippen LogP contribution >= 0.6 is 0 Å². The molecular formula is C23H29NO5. The predicted octanol–water partition coefficient (Wildman–Crippen LogP) is 3.94. The Morgan fingerprint density at radius 3 is 2.03 bits per heavy atom. The van der Waals surface area contributed by atoms with Crippen molar-refractivity contribution in [3.05, 3.63) is 59.2 Å². The zero-order valence-electron chi connectivity index (χ0n) is 17.7. The number of rotatable bonds is 9. The van der Waals surface area contributed by atoms with Crippen molar-refractivity contribution in [2.45, 2.75) is 33.2 Å². The lowest BCUT2D eigenvalue weighted by Gasteiger charge is -2.15. The van der Waals surface area contributed by atoms with Crippen LogP contribution in [0.1, 0.15) is 48.3 Å². The molecule has 0 saturated carbocycles. The molecule has 1 atom stereocenters. The molecule has 0 radical (unpaired) electrons. The van der Waals surface area contributed by atoms with Crippen molar-refractivity contribution in [2.24, 2.45) is 5.92 Å². The quantitative estimate of drug-likeness (QED) is 0.647. The van der Waals surface area contributed by atoms with Gasteiger partial charge in [0.05, 0.1) is 25.8 Å². The van der Waals surface area contributed by atoms with Gasteiger partial charge in [0, 0.05) is 6.07 Å². The Hall–Kier alpha value is -3.02. The summed E-state index contributed by atoms with van der Waals surface area (Å²) in [5.41, 5.74) is 2.52. The summed E-state index contributed by atoms with van der Waals surface area (Å²) in [7, 11) is 2.99. The first-order valence-corrected chi connectivity index (χ1v) is 9.60. The maximum Gasteiger partial charge on any atom is 0.338 e. The monoisotopic (exact) mass is 399 g/mol. The van der Waals surface area contributed by atoms with E-state index in [4.69, 9.17) is 14.2 Å². The molecule has 0 unspecified atom stereocenters. The second-order valence-corrected chi connectivity index (χ2v) is 7.31. The molecular weight excluding hydrogens is 370 g/mol. The Labute approximate surface area is 172 Å². The van der Waals surface area contributed by atoms with Crippen LogP contribution in [0.4, 0.5) is 0 Å². The van der Waals surface area contributed by atoms with E-state index in [0.717, 1.165) is 12.0 Å². The number of hydrogen-bond donors (Lipinski definition) is 1. The zero-order chi connectivity index (χ0) is 21.4. The number of esters is 1. The number of ether oxygens (including phenoxy) is 3. The van der Waals surface area contributed by atoms with Gasteiger partial charge in [-0.15, -0.1) is 0 Å². The van der Waals surface area contributed by atoms with E-state index in [1.165, 1.54) is 31.9 Å². The number of carbonyl (C=O) groups is 2. The van der Waals surface area contributed by atoms with E-state index < -0.39 is 5.97 Å². The van der Waals surface area contributed by atoms with Crippen LogP contribution in [0.5, 0.6) is 11.5 Å². The molecule has 6 heteroatoms. The third-order valence-electron chi connectivity index (χ3n) is 4.42. The summed E-state index contributed by atoms with van der Waals surface area (Å²) in [5.74, 6) is 0.540. The van der Waals surface area contributed by atoms with E-state index in [2.05, 4.69) is 31.3 Å². The molecule has 0 bridgehead atoms. The average Bonchev–Trinajstić information content (AvgIpc) is 2.71. The van der Waals surface area contributed by atoms with Crippen molar-refractivity contribution in [3.63, 3.8) is 0 Å². The van der Waals surface area contributed by atoms with Crippen LogP contribution in [0.2, 0.25) is 0 Å². The number of hydrogen-bond acceptors (Lipinski definition) is 5. The number of benzene rings is 2. The molecule has 6 nitrogen and oxygen atoms in total. The molecule has 0 aliphatic carbocycles. The molecule has 1 amide bonds. The van der Waals surface area contributed by atoms with Gasteiger partial charge in [-0.25, -0.2) is 4.79 Å². The third-order valence-corrected chi connectivity index (χ3v) is 4.42. The van der Waals surface area contributed by atoms with Gasteiger partial charge in [0.25, 0.3) is 5.91 Å². The minimum absolute atomic E-state index is 0.189. The summed E-state index contributed by atoms with van der Waals surface area (Å²) >= 11 is 0. The van der Waals surface area contributed by atoms with Crippen molar-refractivity contribution in [3.8, 4) is 11.5 Å². The Bertz CT molecular complexity index is 807. The standard InChI is InChI=1S/C23H29NO5/c1-15(2)10-17-6-8-18(9-7-17)16(3)24-22(25)14-29-23(26)19-11-20(27-4)13-21(12-19)28-5/h6-9,11-13,15-16H,10,14H2,1-5H3,(H,24,25)/t16-/m1/s1. The first-order valence-electron chi connectivity index (χ1n) is 9.60. The highest BCUT2D eigenvalue weighted by atomic mass is 16.5. The molecule has 0 aliphatic rings. The number of nitrogens with one attached hydrogen (secondary N) is 1. The van der Waals surface area contributed by atoms with E-state index in [1.807, 2.05) is 19.1 Å². The van der Waals surface area contributed by atoms with E-state index >= 15 is 0 Å². The summed E-state index contributed by atoms with van der Waals surface area (Å²) in [6.45, 7) is 5.89. The minimum atomic E-state index is -0.622. The summed E-state index contributed by atoms with van der Waals surface area (Å²) in [5, 5.41) is 2.84. The largest absolute Gasteiger partial charge is 0.497 e. The Balaban J connectivity index is 1.89. The third kappa shape index (κ3) is 6.82. The van der Waals surface area contributed by atoms with Crippen LogP contribution in [-0.2, 0) is 16.0 Å². The Morgan fingerprint density at radius 1 is 0.931 bits per heavy atom. The van der Waals surface area contributed by atoms with Crippen LogP contribution < -0.4 is 14.8 Å². The van der Waals surface area contributed by atoms with E-state index in [-0.39, 0.29) is 24.1 Å². The molecule has 1 N–H and O–H groups in total. The van der Waals surface area contributed by atoms with E-state index in [9.17, 15) is 9.59 Å². The molecule has 0 aromatic heterocycles. The van der Waals surface area contributed by atoms with Crippen molar-refractivity contribution in [1.82, 2.24) is 5.32 Å². The summed E-state index contributed by atoms with van der Waals surface area (Å²) in [6, 6.07) is 12.7. The minimum Gasteiger partial charge on any atom is -0.497 e. The summed E-state index contributed by atoms with van der Waals surface area (Å²) in [6.07, 6.45) is 1.02. The van der Waals surface area contributed by atoms with Gasteiger partial charge in [-0.05, 0) is 42.5 Å². The van der Waals surface area contributed by atoms with Crippen molar-refractivity contribution >= 4 is 11.9 Å². The second kappa shape index (κ2) is 10.5. The van der Waals surface area contributed by atoms with Crippen molar-refractivity contribution in [2.75, 3.05) is 20.8 Å². The van der Waals surface area contributed by atoms with E-state index in [0.29, 0.717) is 17.4 Å². The van der Waals surface area contributed by atoms with Crippen LogP contribution in [0.25, 0.3) is 0 Å². The Morgan fingerprint density at radius 2 is 1.52 bits per heavy atom. The van der Waals surface area contributed by atoms with Crippen LogP contribution in [0, 0.1) is 5.92 Å². The molecule has 2 aromatic rings. The van der Waals surface area contributed by atoms with Crippen molar-refractivity contribution in [1.29, 1.82) is 0 Å². The highest BCUT2D eigenvalue weighted by molar-refractivity contribution is 5.92. The van der Waals surface area contributed by atoms with Gasteiger partial charge in [0.1, 0.15) is 11.5 Å². The highest BCUT2D eigenvalue weighted by Gasteiger charge is 2.15. The molecule has 29 heavy (non-hydrogen) atoms. The molecule has 156 valence electrons. The maximum atomic E-state index is 12.3. The molecule has 2 aromatic carbocycles. The zero-order valence-corrected chi connectivity index (χ0v) is 17.7. The Kier molecular flexibility index (Phi) is 8.07. The molecule has 2 rings (SSSR count). The molecule has 0 fully saturated rings. The van der Waals surface area contributed by atoms with Gasteiger partial charge < -0.3 is 19.5 Å². The van der Waals surface area contributed by atoms with Crippen LogP contribution in [-0.4, -0.2) is 32.7 Å². The first kappa shape index (κ1) is 22.3.